The van der Waals surface area contributed by atoms with Crippen LogP contribution in [0, 0.1) is 11.8 Å². The van der Waals surface area contributed by atoms with E-state index in [0.717, 1.165) is 83.1 Å². The lowest BCUT2D eigenvalue weighted by atomic mass is 9.84. The lowest BCUT2D eigenvalue weighted by molar-refractivity contribution is -0.145. The number of allylic oxidation sites excluding steroid dienone is 4. The first-order valence-electron chi connectivity index (χ1n) is 21.7. The molecule has 1 aliphatic heterocycles. The van der Waals surface area contributed by atoms with Crippen molar-refractivity contribution in [3.05, 3.63) is 24.3 Å². The summed E-state index contributed by atoms with van der Waals surface area (Å²) in [7, 11) is 0. The van der Waals surface area contributed by atoms with Gasteiger partial charge in [-0.05, 0) is 63.7 Å². The minimum absolute atomic E-state index is 0.00870. The van der Waals surface area contributed by atoms with Gasteiger partial charge in [-0.15, -0.1) is 0 Å². The van der Waals surface area contributed by atoms with Crippen molar-refractivity contribution in [2.75, 3.05) is 26.2 Å². The maximum atomic E-state index is 13.0. The lowest BCUT2D eigenvalue weighted by Gasteiger charge is -2.23. The Bertz CT molecular complexity index is 994. The molecule has 1 heterocycles. The summed E-state index contributed by atoms with van der Waals surface area (Å²) in [5.74, 6) is -1.61. The third-order valence-corrected chi connectivity index (χ3v) is 10.4. The molecule has 0 spiro atoms. The molecule has 1 aliphatic rings. The molecule has 0 aromatic rings. The minimum Gasteiger partial charge on any atom is -0.481 e. The standard InChI is InChI=1S/C44H79N3O5/c1-3-5-7-9-11-12-13-14-15-16-17-18-19-24-28-32-41-45-34-36-47(41)37-35-46-42(48)38-40(44(51)52)39(30-26-22-10-8-6-4-2)31-27-23-20-21-25-29-33-43(49)50/h14-15,27,31,39-40H,3-13,16-26,28-30,32-38H2,1-2H3,(H,46,48)(H,49,50)(H,51,52). The Balaban J connectivity index is 2.38. The second-order valence-electron chi connectivity index (χ2n) is 15.1. The van der Waals surface area contributed by atoms with E-state index in [-0.39, 0.29) is 24.7 Å². The number of aliphatic carboxylic acids is 2. The predicted molar refractivity (Wildman–Crippen MR) is 218 cm³/mol. The highest BCUT2D eigenvalue weighted by Gasteiger charge is 2.28. The van der Waals surface area contributed by atoms with Crippen molar-refractivity contribution in [2.45, 2.75) is 194 Å². The first-order chi connectivity index (χ1) is 25.4. The molecule has 2 unspecified atom stereocenters. The van der Waals surface area contributed by atoms with Crippen molar-refractivity contribution < 1.29 is 24.6 Å². The molecular formula is C44H79N3O5. The highest BCUT2D eigenvalue weighted by molar-refractivity contribution is 5.84. The topological polar surface area (TPSA) is 119 Å². The van der Waals surface area contributed by atoms with Gasteiger partial charge in [0.05, 0.1) is 18.3 Å². The summed E-state index contributed by atoms with van der Waals surface area (Å²) in [6.45, 7) is 7.37. The van der Waals surface area contributed by atoms with Crippen molar-refractivity contribution in [3.8, 4) is 0 Å². The summed E-state index contributed by atoms with van der Waals surface area (Å²) in [5.41, 5.74) is 0. The number of carboxylic acids is 2. The number of aliphatic imine (C=N–C) groups is 1. The Morgan fingerprint density at radius 3 is 1.85 bits per heavy atom. The lowest BCUT2D eigenvalue weighted by Crippen LogP contribution is -2.38. The number of unbranched alkanes of at least 4 members (excludes halogenated alkanes) is 20. The van der Waals surface area contributed by atoms with E-state index < -0.39 is 17.9 Å². The van der Waals surface area contributed by atoms with Gasteiger partial charge in [0.1, 0.15) is 0 Å². The zero-order valence-electron chi connectivity index (χ0n) is 33.6. The maximum absolute atomic E-state index is 13.0. The van der Waals surface area contributed by atoms with Crippen LogP contribution in [0.5, 0.6) is 0 Å². The van der Waals surface area contributed by atoms with Crippen LogP contribution in [-0.2, 0) is 14.4 Å². The van der Waals surface area contributed by atoms with E-state index in [9.17, 15) is 19.5 Å². The molecule has 1 amide bonds. The molecule has 0 fully saturated rings. The van der Waals surface area contributed by atoms with Gasteiger partial charge in [-0.2, -0.15) is 0 Å². The fraction of sp³-hybridized carbons (Fsp3) is 0.818. The van der Waals surface area contributed by atoms with Crippen LogP contribution >= 0.6 is 0 Å². The fourth-order valence-corrected chi connectivity index (χ4v) is 7.14. The molecule has 0 aromatic carbocycles. The van der Waals surface area contributed by atoms with E-state index in [1.165, 1.54) is 96.3 Å². The van der Waals surface area contributed by atoms with Crippen LogP contribution in [-0.4, -0.2) is 65.0 Å². The normalized spacial score (nSPS) is 14.3. The first-order valence-corrected chi connectivity index (χ1v) is 21.7. The predicted octanol–water partition coefficient (Wildman–Crippen LogP) is 11.3. The number of amides is 1. The summed E-state index contributed by atoms with van der Waals surface area (Å²) in [5, 5.41) is 22.0. The van der Waals surface area contributed by atoms with Gasteiger partial charge in [0.25, 0.3) is 0 Å². The van der Waals surface area contributed by atoms with Crippen molar-refractivity contribution in [2.24, 2.45) is 16.8 Å². The van der Waals surface area contributed by atoms with Gasteiger partial charge >= 0.3 is 11.9 Å². The number of carboxylic acid groups (broad SMARTS) is 2. The van der Waals surface area contributed by atoms with Crippen LogP contribution in [0.2, 0.25) is 0 Å². The summed E-state index contributed by atoms with van der Waals surface area (Å²) in [6, 6.07) is 0. The van der Waals surface area contributed by atoms with Crippen molar-refractivity contribution in [1.82, 2.24) is 10.2 Å². The van der Waals surface area contributed by atoms with Gasteiger partial charge in [-0.25, -0.2) is 0 Å². The third kappa shape index (κ3) is 27.0. The Kier molecular flexibility index (Phi) is 31.1. The van der Waals surface area contributed by atoms with E-state index in [0.29, 0.717) is 19.5 Å². The Morgan fingerprint density at radius 1 is 0.712 bits per heavy atom. The molecule has 0 aromatic heterocycles. The number of carbonyl (C=O) groups excluding carboxylic acids is 1. The summed E-state index contributed by atoms with van der Waals surface area (Å²) in [4.78, 5) is 43.2. The highest BCUT2D eigenvalue weighted by Crippen LogP contribution is 2.26. The van der Waals surface area contributed by atoms with Crippen LogP contribution in [0.25, 0.3) is 0 Å². The molecule has 0 saturated carbocycles. The number of rotatable bonds is 37. The average molecular weight is 730 g/mol. The second-order valence-corrected chi connectivity index (χ2v) is 15.1. The SMILES string of the molecule is CCCCCCCCC=CCCCCCCCC1=NCCN1CCNC(=O)CC(C(=O)O)C(C=CCCCCCCC(=O)O)CCCCCCCC. The van der Waals surface area contributed by atoms with Crippen LogP contribution in [0.3, 0.4) is 0 Å². The average Bonchev–Trinajstić information content (AvgIpc) is 3.57. The number of hydrogen-bond acceptors (Lipinski definition) is 5. The Hall–Kier alpha value is -2.64. The smallest absolute Gasteiger partial charge is 0.307 e. The van der Waals surface area contributed by atoms with Gasteiger partial charge in [0.15, 0.2) is 0 Å². The largest absolute Gasteiger partial charge is 0.481 e. The third-order valence-electron chi connectivity index (χ3n) is 10.4. The number of amidine groups is 1. The number of carbonyl (C=O) groups is 3. The number of hydrogen-bond donors (Lipinski definition) is 3. The van der Waals surface area contributed by atoms with Crippen molar-refractivity contribution >= 4 is 23.7 Å². The van der Waals surface area contributed by atoms with E-state index >= 15 is 0 Å². The Morgan fingerprint density at radius 2 is 1.25 bits per heavy atom. The maximum Gasteiger partial charge on any atom is 0.307 e. The zero-order chi connectivity index (χ0) is 37.9. The van der Waals surface area contributed by atoms with E-state index in [2.05, 4.69) is 42.3 Å². The van der Waals surface area contributed by atoms with E-state index in [1.54, 1.807) is 0 Å². The molecule has 2 atom stereocenters. The fourth-order valence-electron chi connectivity index (χ4n) is 7.14. The molecule has 0 radical (unpaired) electrons. The molecule has 8 heteroatoms. The molecular weight excluding hydrogens is 651 g/mol. The first kappa shape index (κ1) is 47.4. The summed E-state index contributed by atoms with van der Waals surface area (Å²) < 4.78 is 0. The quantitative estimate of drug-likeness (QED) is 0.0432. The minimum atomic E-state index is -0.904. The summed E-state index contributed by atoms with van der Waals surface area (Å²) >= 11 is 0. The van der Waals surface area contributed by atoms with Gasteiger partial charge in [-0.3, -0.25) is 19.4 Å². The molecule has 0 saturated heterocycles. The number of nitrogens with one attached hydrogen (secondary N) is 1. The van der Waals surface area contributed by atoms with Gasteiger partial charge in [0, 0.05) is 38.9 Å². The van der Waals surface area contributed by atoms with E-state index in [1.807, 2.05) is 6.08 Å². The van der Waals surface area contributed by atoms with Gasteiger partial charge in [0.2, 0.25) is 5.91 Å². The molecule has 1 rings (SSSR count). The van der Waals surface area contributed by atoms with Crippen LogP contribution < -0.4 is 5.32 Å². The van der Waals surface area contributed by atoms with Crippen molar-refractivity contribution in [3.63, 3.8) is 0 Å². The zero-order valence-corrected chi connectivity index (χ0v) is 33.6. The molecule has 300 valence electrons. The van der Waals surface area contributed by atoms with Crippen molar-refractivity contribution in [1.29, 1.82) is 0 Å². The monoisotopic (exact) mass is 730 g/mol. The van der Waals surface area contributed by atoms with Crippen LogP contribution in [0.4, 0.5) is 0 Å². The van der Waals surface area contributed by atoms with E-state index in [4.69, 9.17) is 10.1 Å². The molecule has 0 aliphatic carbocycles. The van der Waals surface area contributed by atoms with Gasteiger partial charge < -0.3 is 20.4 Å². The Labute approximate surface area is 318 Å². The second kappa shape index (κ2) is 34.1. The molecule has 3 N–H and O–H groups in total. The van der Waals surface area contributed by atoms with Crippen LogP contribution in [0.15, 0.2) is 29.3 Å². The van der Waals surface area contributed by atoms with Gasteiger partial charge in [-0.1, -0.05) is 141 Å². The molecule has 52 heavy (non-hydrogen) atoms. The molecule has 8 nitrogen and oxygen atoms in total. The van der Waals surface area contributed by atoms with Crippen LogP contribution in [0.1, 0.15) is 194 Å². The number of nitrogens with zero attached hydrogens (tertiary/aromatic N) is 2. The summed E-state index contributed by atoms with van der Waals surface area (Å²) in [6.07, 6.45) is 38.9. The molecule has 0 bridgehead atoms. The highest BCUT2D eigenvalue weighted by atomic mass is 16.4.